The minimum atomic E-state index is -0.188. The molecule has 0 saturated heterocycles. The number of hydrogen-bond acceptors (Lipinski definition) is 3. The molecule has 1 aromatic carbocycles. The molecule has 0 atom stereocenters. The van der Waals surface area contributed by atoms with Gasteiger partial charge in [-0.05, 0) is 25.1 Å². The Morgan fingerprint density at radius 3 is 2.50 bits per heavy atom. The Morgan fingerprint density at radius 2 is 1.90 bits per heavy atom. The van der Waals surface area contributed by atoms with E-state index in [1.165, 1.54) is 0 Å². The average molecular weight is 356 g/mol. The highest BCUT2D eigenvalue weighted by molar-refractivity contribution is 9.10. The summed E-state index contributed by atoms with van der Waals surface area (Å²) in [6, 6.07) is 7.60. The van der Waals surface area contributed by atoms with Crippen LogP contribution in [-0.2, 0) is 5.41 Å². The molecule has 0 amide bonds. The van der Waals surface area contributed by atoms with E-state index in [4.69, 9.17) is 16.3 Å². The molecular weight excluding hydrogens is 340 g/mol. The van der Waals surface area contributed by atoms with Crippen LogP contribution in [0.1, 0.15) is 32.2 Å². The van der Waals surface area contributed by atoms with Gasteiger partial charge in [0.25, 0.3) is 0 Å². The third-order valence-corrected chi connectivity index (χ3v) is 3.58. The lowest BCUT2D eigenvalue weighted by molar-refractivity contribution is 0.441. The van der Waals surface area contributed by atoms with Crippen LogP contribution in [0.5, 0.6) is 11.6 Å². The lowest BCUT2D eigenvalue weighted by atomic mass is 9.96. The minimum absolute atomic E-state index is 0.188. The van der Waals surface area contributed by atoms with Gasteiger partial charge >= 0.3 is 0 Å². The van der Waals surface area contributed by atoms with Crippen LogP contribution in [0.3, 0.4) is 0 Å². The van der Waals surface area contributed by atoms with Crippen molar-refractivity contribution in [3.63, 3.8) is 0 Å². The summed E-state index contributed by atoms with van der Waals surface area (Å²) in [5.74, 6) is 1.86. The summed E-state index contributed by atoms with van der Waals surface area (Å²) < 4.78 is 6.79. The number of halogens is 2. The molecule has 5 heteroatoms. The van der Waals surface area contributed by atoms with Gasteiger partial charge in [0.15, 0.2) is 0 Å². The first kappa shape index (κ1) is 15.3. The number of aromatic nitrogens is 2. The fourth-order valence-corrected chi connectivity index (χ4v) is 2.09. The van der Waals surface area contributed by atoms with Crippen LogP contribution in [0, 0.1) is 6.92 Å². The van der Waals surface area contributed by atoms with Gasteiger partial charge in [0, 0.05) is 15.5 Å². The van der Waals surface area contributed by atoms with E-state index in [1.807, 2.05) is 52.0 Å². The van der Waals surface area contributed by atoms with Crippen LogP contribution < -0.4 is 4.74 Å². The second-order valence-corrected chi connectivity index (χ2v) is 6.85. The Labute approximate surface area is 132 Å². The molecular formula is C15H16BrClN2O. The van der Waals surface area contributed by atoms with Crippen molar-refractivity contribution >= 4 is 27.5 Å². The van der Waals surface area contributed by atoms with E-state index in [9.17, 15) is 0 Å². The molecule has 1 aromatic heterocycles. The molecule has 2 rings (SSSR count). The van der Waals surface area contributed by atoms with Crippen molar-refractivity contribution in [3.05, 3.63) is 45.3 Å². The Bertz CT molecular complexity index is 638. The van der Waals surface area contributed by atoms with Gasteiger partial charge in [-0.25, -0.2) is 4.98 Å². The van der Waals surface area contributed by atoms with Crippen LogP contribution in [0.2, 0.25) is 5.15 Å². The summed E-state index contributed by atoms with van der Waals surface area (Å²) in [7, 11) is 0. The lowest BCUT2D eigenvalue weighted by Crippen LogP contribution is -2.17. The van der Waals surface area contributed by atoms with Gasteiger partial charge in [-0.15, -0.1) is 0 Å². The van der Waals surface area contributed by atoms with Crippen LogP contribution in [0.25, 0.3) is 0 Å². The van der Waals surface area contributed by atoms with E-state index in [0.29, 0.717) is 22.6 Å². The van der Waals surface area contributed by atoms with E-state index in [0.717, 1.165) is 10.0 Å². The van der Waals surface area contributed by atoms with E-state index in [2.05, 4.69) is 25.9 Å². The molecule has 0 fully saturated rings. The van der Waals surface area contributed by atoms with Gasteiger partial charge in [0.05, 0.1) is 0 Å². The van der Waals surface area contributed by atoms with Gasteiger partial charge in [0.2, 0.25) is 5.88 Å². The van der Waals surface area contributed by atoms with Crippen molar-refractivity contribution in [3.8, 4) is 11.6 Å². The Balaban J connectivity index is 2.43. The SMILES string of the molecule is Cc1c(Cl)nc(C(C)(C)C)nc1Oc1cccc(Br)c1. The van der Waals surface area contributed by atoms with Crippen molar-refractivity contribution in [1.29, 1.82) is 0 Å². The highest BCUT2D eigenvalue weighted by Crippen LogP contribution is 2.31. The molecule has 0 saturated carbocycles. The van der Waals surface area contributed by atoms with E-state index < -0.39 is 0 Å². The van der Waals surface area contributed by atoms with Crippen molar-refractivity contribution in [2.24, 2.45) is 0 Å². The molecule has 2 aromatic rings. The summed E-state index contributed by atoms with van der Waals surface area (Å²) in [4.78, 5) is 8.83. The van der Waals surface area contributed by atoms with Crippen LogP contribution >= 0.6 is 27.5 Å². The zero-order valence-electron chi connectivity index (χ0n) is 11.9. The highest BCUT2D eigenvalue weighted by Gasteiger charge is 2.21. The van der Waals surface area contributed by atoms with Crippen LogP contribution in [-0.4, -0.2) is 9.97 Å². The smallest absolute Gasteiger partial charge is 0.227 e. The zero-order valence-corrected chi connectivity index (χ0v) is 14.2. The maximum absolute atomic E-state index is 6.18. The van der Waals surface area contributed by atoms with Gasteiger partial charge < -0.3 is 4.74 Å². The molecule has 0 N–H and O–H groups in total. The second-order valence-electron chi connectivity index (χ2n) is 5.58. The normalized spacial score (nSPS) is 11.5. The van der Waals surface area contributed by atoms with Crippen LogP contribution in [0.15, 0.2) is 28.7 Å². The molecule has 0 aliphatic carbocycles. The second kappa shape index (κ2) is 5.70. The number of benzene rings is 1. The average Bonchev–Trinajstić information content (AvgIpc) is 2.33. The lowest BCUT2D eigenvalue weighted by Gasteiger charge is -2.19. The fraction of sp³-hybridized carbons (Fsp3) is 0.333. The van der Waals surface area contributed by atoms with E-state index in [1.54, 1.807) is 0 Å². The van der Waals surface area contributed by atoms with Gasteiger partial charge in [-0.2, -0.15) is 4.98 Å². The maximum Gasteiger partial charge on any atom is 0.227 e. The zero-order chi connectivity index (χ0) is 14.9. The summed E-state index contributed by atoms with van der Waals surface area (Å²) in [6.07, 6.45) is 0. The number of rotatable bonds is 2. The van der Waals surface area contributed by atoms with Crippen molar-refractivity contribution in [2.45, 2.75) is 33.1 Å². The van der Waals surface area contributed by atoms with Gasteiger partial charge in [-0.1, -0.05) is 54.4 Å². The maximum atomic E-state index is 6.18. The molecule has 0 aliphatic rings. The first-order valence-electron chi connectivity index (χ1n) is 6.25. The number of hydrogen-bond donors (Lipinski definition) is 0. The predicted molar refractivity (Wildman–Crippen MR) is 84.7 cm³/mol. The summed E-state index contributed by atoms with van der Waals surface area (Å²) in [5, 5.41) is 0.426. The third kappa shape index (κ3) is 3.49. The first-order valence-corrected chi connectivity index (χ1v) is 7.42. The van der Waals surface area contributed by atoms with Crippen molar-refractivity contribution < 1.29 is 4.74 Å². The third-order valence-electron chi connectivity index (χ3n) is 2.72. The molecule has 0 bridgehead atoms. The van der Waals surface area contributed by atoms with Crippen molar-refractivity contribution in [1.82, 2.24) is 9.97 Å². The monoisotopic (exact) mass is 354 g/mol. The van der Waals surface area contributed by atoms with E-state index >= 15 is 0 Å². The highest BCUT2D eigenvalue weighted by atomic mass is 79.9. The number of ether oxygens (including phenoxy) is 1. The molecule has 106 valence electrons. The standard InChI is InChI=1S/C15H16BrClN2O/c1-9-12(17)18-14(15(2,3)4)19-13(9)20-11-7-5-6-10(16)8-11/h5-8H,1-4H3. The predicted octanol–water partition coefficient (Wildman–Crippen LogP) is 5.29. The molecule has 20 heavy (non-hydrogen) atoms. The molecule has 3 nitrogen and oxygen atoms in total. The van der Waals surface area contributed by atoms with Gasteiger partial charge in [-0.3, -0.25) is 0 Å². The molecule has 1 heterocycles. The Morgan fingerprint density at radius 1 is 1.20 bits per heavy atom. The molecule has 0 aliphatic heterocycles. The van der Waals surface area contributed by atoms with Crippen molar-refractivity contribution in [2.75, 3.05) is 0 Å². The molecule has 0 spiro atoms. The quantitative estimate of drug-likeness (QED) is 0.686. The minimum Gasteiger partial charge on any atom is -0.439 e. The topological polar surface area (TPSA) is 35.0 Å². The summed E-state index contributed by atoms with van der Waals surface area (Å²) in [5.41, 5.74) is 0.548. The molecule has 0 radical (unpaired) electrons. The summed E-state index contributed by atoms with van der Waals surface area (Å²) >= 11 is 9.60. The van der Waals surface area contributed by atoms with E-state index in [-0.39, 0.29) is 5.41 Å². The Kier molecular flexibility index (Phi) is 4.35. The first-order chi connectivity index (χ1) is 9.27. The largest absolute Gasteiger partial charge is 0.439 e. The summed E-state index contributed by atoms with van der Waals surface area (Å²) in [6.45, 7) is 7.97. The number of nitrogens with zero attached hydrogens (tertiary/aromatic N) is 2. The molecule has 0 unspecified atom stereocenters. The van der Waals surface area contributed by atoms with Gasteiger partial charge in [0.1, 0.15) is 16.7 Å². The van der Waals surface area contributed by atoms with Crippen LogP contribution in [0.4, 0.5) is 0 Å². The fourth-order valence-electron chi connectivity index (χ4n) is 1.55. The Hall–Kier alpha value is -1.13.